The summed E-state index contributed by atoms with van der Waals surface area (Å²) >= 11 is 0. The predicted molar refractivity (Wildman–Crippen MR) is 50.0 cm³/mol. The summed E-state index contributed by atoms with van der Waals surface area (Å²) in [7, 11) is 2.36. The molecule has 1 heteroatoms. The van der Waals surface area contributed by atoms with Crippen LogP contribution in [0.3, 0.4) is 0 Å². The summed E-state index contributed by atoms with van der Waals surface area (Å²) in [6.07, 6.45) is 6.06. The Hall–Kier alpha value is -0.0400. The van der Waals surface area contributed by atoms with Crippen molar-refractivity contribution >= 4 is 0 Å². The lowest BCUT2D eigenvalue weighted by molar-refractivity contribution is 0.247. The molecule has 0 spiro atoms. The fourth-order valence-corrected chi connectivity index (χ4v) is 4.43. The van der Waals surface area contributed by atoms with Crippen LogP contribution in [0.2, 0.25) is 0 Å². The molecule has 0 aromatic carbocycles. The zero-order valence-electron chi connectivity index (χ0n) is 8.16. The first-order valence-electron chi connectivity index (χ1n) is 5.51. The quantitative estimate of drug-likeness (QED) is 0.531. The van der Waals surface area contributed by atoms with E-state index in [2.05, 4.69) is 18.9 Å². The summed E-state index contributed by atoms with van der Waals surface area (Å²) in [6.45, 7) is 2.45. The van der Waals surface area contributed by atoms with E-state index in [9.17, 15) is 0 Å². The average molecular weight is 165 g/mol. The van der Waals surface area contributed by atoms with Gasteiger partial charge < -0.3 is 0 Å². The number of hydrogen-bond donors (Lipinski definition) is 0. The predicted octanol–water partition coefficient (Wildman–Crippen LogP) is 2.13. The van der Waals surface area contributed by atoms with Crippen LogP contribution >= 0.6 is 0 Å². The highest BCUT2D eigenvalue weighted by molar-refractivity contribution is 5.08. The third-order valence-electron chi connectivity index (χ3n) is 4.75. The maximum absolute atomic E-state index is 2.69. The lowest BCUT2D eigenvalue weighted by Crippen LogP contribution is -2.30. The third kappa shape index (κ3) is 0.693. The molecule has 2 saturated heterocycles. The van der Waals surface area contributed by atoms with E-state index in [0.29, 0.717) is 0 Å². The first-order chi connectivity index (χ1) is 5.79. The molecular formula is C11H19N. The summed E-state index contributed by atoms with van der Waals surface area (Å²) in [4.78, 5) is 2.69. The molecule has 5 atom stereocenters. The van der Waals surface area contributed by atoms with Crippen molar-refractivity contribution in [3.05, 3.63) is 0 Å². The Morgan fingerprint density at radius 3 is 2.75 bits per heavy atom. The molecule has 3 rings (SSSR count). The maximum Gasteiger partial charge on any atom is 0.0153 e. The zero-order valence-corrected chi connectivity index (χ0v) is 8.16. The Balaban J connectivity index is 1.94. The van der Waals surface area contributed by atoms with E-state index in [1.165, 1.54) is 25.7 Å². The van der Waals surface area contributed by atoms with Crippen LogP contribution in [-0.2, 0) is 0 Å². The Kier molecular flexibility index (Phi) is 1.39. The molecule has 5 unspecified atom stereocenters. The van der Waals surface area contributed by atoms with E-state index in [1.54, 1.807) is 0 Å². The molecule has 1 nitrogen and oxygen atoms in total. The molecule has 0 radical (unpaired) electrons. The van der Waals surface area contributed by atoms with Crippen LogP contribution in [0.25, 0.3) is 0 Å². The summed E-state index contributed by atoms with van der Waals surface area (Å²) in [6, 6.07) is 1.93. The van der Waals surface area contributed by atoms with Crippen LogP contribution in [0.15, 0.2) is 0 Å². The van der Waals surface area contributed by atoms with E-state index in [4.69, 9.17) is 0 Å². The monoisotopic (exact) mass is 165 g/mol. The Morgan fingerprint density at radius 2 is 1.92 bits per heavy atom. The number of fused-ring (bicyclic) bond motifs is 5. The molecule has 0 aromatic rings. The van der Waals surface area contributed by atoms with E-state index >= 15 is 0 Å². The highest BCUT2D eigenvalue weighted by atomic mass is 15.2. The molecule has 1 aliphatic carbocycles. The maximum atomic E-state index is 2.69. The molecule has 3 fully saturated rings. The second-order valence-corrected chi connectivity index (χ2v) is 5.20. The van der Waals surface area contributed by atoms with Gasteiger partial charge in [-0.2, -0.15) is 0 Å². The summed E-state index contributed by atoms with van der Waals surface area (Å²) in [5, 5.41) is 0. The largest absolute Gasteiger partial charge is 0.300 e. The normalized spacial score (nSPS) is 58.0. The smallest absolute Gasteiger partial charge is 0.0153 e. The second kappa shape index (κ2) is 2.25. The molecule has 1 saturated carbocycles. The molecule has 2 heterocycles. The van der Waals surface area contributed by atoms with Gasteiger partial charge in [0.05, 0.1) is 0 Å². The van der Waals surface area contributed by atoms with Crippen molar-refractivity contribution in [1.82, 2.24) is 4.90 Å². The van der Waals surface area contributed by atoms with Crippen LogP contribution in [0.4, 0.5) is 0 Å². The standard InChI is InChI=1S/C11H19N/c1-7-6-10-8-4-3-5-9(8)11(7)12(10)2/h7-11H,3-6H2,1-2H3. The van der Waals surface area contributed by atoms with E-state index in [-0.39, 0.29) is 0 Å². The summed E-state index contributed by atoms with van der Waals surface area (Å²) < 4.78 is 0. The second-order valence-electron chi connectivity index (χ2n) is 5.20. The van der Waals surface area contributed by atoms with Gasteiger partial charge in [-0.25, -0.2) is 0 Å². The highest BCUT2D eigenvalue weighted by Crippen LogP contribution is 2.54. The first kappa shape index (κ1) is 7.37. The van der Waals surface area contributed by atoms with Gasteiger partial charge >= 0.3 is 0 Å². The Labute approximate surface area is 75.1 Å². The van der Waals surface area contributed by atoms with Gasteiger partial charge in [0, 0.05) is 12.1 Å². The van der Waals surface area contributed by atoms with Crippen LogP contribution in [-0.4, -0.2) is 24.0 Å². The highest BCUT2D eigenvalue weighted by Gasteiger charge is 2.55. The fourth-order valence-electron chi connectivity index (χ4n) is 4.43. The van der Waals surface area contributed by atoms with Crippen molar-refractivity contribution in [3.63, 3.8) is 0 Å². The SMILES string of the molecule is CC1CC2C3CCCC3C1N2C. The van der Waals surface area contributed by atoms with Gasteiger partial charge in [-0.1, -0.05) is 13.3 Å². The molecule has 68 valence electrons. The molecule has 2 aliphatic heterocycles. The van der Waals surface area contributed by atoms with E-state index in [0.717, 1.165) is 29.8 Å². The number of nitrogens with zero attached hydrogens (tertiary/aromatic N) is 1. The third-order valence-corrected chi connectivity index (χ3v) is 4.75. The Morgan fingerprint density at radius 1 is 1.17 bits per heavy atom. The van der Waals surface area contributed by atoms with Gasteiger partial charge in [-0.05, 0) is 44.1 Å². The van der Waals surface area contributed by atoms with Crippen molar-refractivity contribution in [3.8, 4) is 0 Å². The molecule has 12 heavy (non-hydrogen) atoms. The van der Waals surface area contributed by atoms with Crippen molar-refractivity contribution in [2.45, 2.75) is 44.7 Å². The van der Waals surface area contributed by atoms with Gasteiger partial charge in [-0.3, -0.25) is 4.90 Å². The van der Waals surface area contributed by atoms with Gasteiger partial charge in [-0.15, -0.1) is 0 Å². The van der Waals surface area contributed by atoms with Crippen LogP contribution in [0.5, 0.6) is 0 Å². The molecular weight excluding hydrogens is 146 g/mol. The van der Waals surface area contributed by atoms with E-state index in [1.807, 2.05) is 0 Å². The zero-order chi connectivity index (χ0) is 8.29. The van der Waals surface area contributed by atoms with Crippen LogP contribution in [0.1, 0.15) is 32.6 Å². The summed E-state index contributed by atoms with van der Waals surface area (Å²) in [5.41, 5.74) is 0. The lowest BCUT2D eigenvalue weighted by atomic mass is 9.77. The fraction of sp³-hybridized carbons (Fsp3) is 1.00. The summed E-state index contributed by atoms with van der Waals surface area (Å²) in [5.74, 6) is 3.17. The van der Waals surface area contributed by atoms with E-state index < -0.39 is 0 Å². The van der Waals surface area contributed by atoms with Crippen LogP contribution < -0.4 is 0 Å². The first-order valence-corrected chi connectivity index (χ1v) is 5.51. The lowest BCUT2D eigenvalue weighted by Gasteiger charge is -2.27. The van der Waals surface area contributed by atoms with Crippen LogP contribution in [0, 0.1) is 17.8 Å². The Bertz CT molecular complexity index is 199. The van der Waals surface area contributed by atoms with Crippen molar-refractivity contribution in [1.29, 1.82) is 0 Å². The van der Waals surface area contributed by atoms with Gasteiger partial charge in [0.15, 0.2) is 0 Å². The van der Waals surface area contributed by atoms with Crippen molar-refractivity contribution < 1.29 is 0 Å². The molecule has 2 bridgehead atoms. The van der Waals surface area contributed by atoms with Crippen molar-refractivity contribution in [2.75, 3.05) is 7.05 Å². The topological polar surface area (TPSA) is 3.24 Å². The number of hydrogen-bond acceptors (Lipinski definition) is 1. The molecule has 0 amide bonds. The average Bonchev–Trinajstić information content (AvgIpc) is 2.61. The van der Waals surface area contributed by atoms with Gasteiger partial charge in [0.25, 0.3) is 0 Å². The van der Waals surface area contributed by atoms with Gasteiger partial charge in [0.2, 0.25) is 0 Å². The van der Waals surface area contributed by atoms with Gasteiger partial charge in [0.1, 0.15) is 0 Å². The minimum absolute atomic E-state index is 0.961. The minimum atomic E-state index is 0.961. The molecule has 0 N–H and O–H groups in total. The minimum Gasteiger partial charge on any atom is -0.300 e. The number of rotatable bonds is 0. The molecule has 0 aromatic heterocycles. The molecule has 3 aliphatic rings. The van der Waals surface area contributed by atoms with Crippen molar-refractivity contribution in [2.24, 2.45) is 17.8 Å².